The van der Waals surface area contributed by atoms with Crippen LogP contribution in [0.15, 0.2) is 24.3 Å². The monoisotopic (exact) mass is 263 g/mol. The number of imidazole rings is 1. The molecule has 1 fully saturated rings. The van der Waals surface area contributed by atoms with Gasteiger partial charge in [-0.15, -0.1) is 0 Å². The maximum absolute atomic E-state index is 11.3. The summed E-state index contributed by atoms with van der Waals surface area (Å²) in [7, 11) is -0.585. The lowest BCUT2D eigenvalue weighted by Crippen LogP contribution is -2.35. The zero-order chi connectivity index (χ0) is 12.4. The second-order valence-electron chi connectivity index (χ2n) is 4.70. The number of aromatic nitrogens is 2. The van der Waals surface area contributed by atoms with Gasteiger partial charge in [0.25, 0.3) is 0 Å². The standard InChI is InChI=1S/C13H17N3OS/c17-18-7-5-10(6-8-18)14-9-13-15-11-3-1-2-4-12(11)16-13/h1-4,10,14H,5-9H2,(H,15,16). The molecule has 0 atom stereocenters. The summed E-state index contributed by atoms with van der Waals surface area (Å²) in [4.78, 5) is 7.84. The minimum atomic E-state index is -0.585. The van der Waals surface area contributed by atoms with E-state index >= 15 is 0 Å². The first-order valence-corrected chi connectivity index (χ1v) is 7.82. The number of aromatic amines is 1. The average molecular weight is 263 g/mol. The van der Waals surface area contributed by atoms with E-state index < -0.39 is 10.8 Å². The van der Waals surface area contributed by atoms with Gasteiger partial charge in [0.05, 0.1) is 17.6 Å². The molecule has 2 aromatic rings. The Morgan fingerprint density at radius 2 is 2.11 bits per heavy atom. The van der Waals surface area contributed by atoms with Gasteiger partial charge in [0, 0.05) is 28.3 Å². The highest BCUT2D eigenvalue weighted by molar-refractivity contribution is 7.85. The van der Waals surface area contributed by atoms with E-state index in [2.05, 4.69) is 15.3 Å². The van der Waals surface area contributed by atoms with E-state index in [9.17, 15) is 4.21 Å². The third-order valence-electron chi connectivity index (χ3n) is 3.38. The number of hydrogen-bond acceptors (Lipinski definition) is 3. The van der Waals surface area contributed by atoms with Crippen molar-refractivity contribution in [2.24, 2.45) is 0 Å². The third kappa shape index (κ3) is 2.62. The van der Waals surface area contributed by atoms with Crippen LogP contribution in [0, 0.1) is 0 Å². The molecular weight excluding hydrogens is 246 g/mol. The molecule has 2 N–H and O–H groups in total. The number of nitrogens with zero attached hydrogens (tertiary/aromatic N) is 1. The molecule has 1 aliphatic heterocycles. The molecule has 3 rings (SSSR count). The lowest BCUT2D eigenvalue weighted by molar-refractivity contribution is 0.469. The fourth-order valence-corrected chi connectivity index (χ4v) is 3.63. The van der Waals surface area contributed by atoms with Crippen LogP contribution in [0.25, 0.3) is 11.0 Å². The van der Waals surface area contributed by atoms with Crippen molar-refractivity contribution >= 4 is 21.8 Å². The Morgan fingerprint density at radius 3 is 2.89 bits per heavy atom. The van der Waals surface area contributed by atoms with Gasteiger partial charge < -0.3 is 10.3 Å². The first kappa shape index (κ1) is 11.9. The predicted octanol–water partition coefficient (Wildman–Crippen LogP) is 1.56. The Morgan fingerprint density at radius 1 is 1.33 bits per heavy atom. The topological polar surface area (TPSA) is 57.8 Å². The normalized spacial score (nSPS) is 24.4. The van der Waals surface area contributed by atoms with Crippen LogP contribution in [0.1, 0.15) is 18.7 Å². The summed E-state index contributed by atoms with van der Waals surface area (Å²) in [6.07, 6.45) is 2.01. The lowest BCUT2D eigenvalue weighted by Gasteiger charge is -2.21. The first-order valence-electron chi connectivity index (χ1n) is 6.33. The fraction of sp³-hybridized carbons (Fsp3) is 0.462. The number of nitrogens with one attached hydrogen (secondary N) is 2. The van der Waals surface area contributed by atoms with Crippen molar-refractivity contribution in [2.45, 2.75) is 25.4 Å². The van der Waals surface area contributed by atoms with E-state index in [0.29, 0.717) is 6.04 Å². The van der Waals surface area contributed by atoms with E-state index in [1.54, 1.807) is 0 Å². The van der Waals surface area contributed by atoms with Gasteiger partial charge in [-0.05, 0) is 25.0 Å². The molecule has 1 aromatic carbocycles. The number of hydrogen-bond donors (Lipinski definition) is 2. The Labute approximate surface area is 109 Å². The summed E-state index contributed by atoms with van der Waals surface area (Å²) < 4.78 is 11.3. The molecule has 0 unspecified atom stereocenters. The molecule has 0 bridgehead atoms. The number of rotatable bonds is 3. The van der Waals surface area contributed by atoms with Crippen LogP contribution in [0.5, 0.6) is 0 Å². The fourth-order valence-electron chi connectivity index (χ4n) is 2.33. The van der Waals surface area contributed by atoms with Gasteiger partial charge in [-0.2, -0.15) is 0 Å². The summed E-state index contributed by atoms with van der Waals surface area (Å²) >= 11 is 0. The van der Waals surface area contributed by atoms with Gasteiger partial charge in [-0.25, -0.2) is 4.98 Å². The van der Waals surface area contributed by atoms with Gasteiger partial charge in [0.15, 0.2) is 0 Å². The van der Waals surface area contributed by atoms with E-state index in [4.69, 9.17) is 0 Å². The SMILES string of the molecule is O=S1CCC(NCc2nc3ccccc3[nH]2)CC1. The van der Waals surface area contributed by atoms with Gasteiger partial charge in [0.1, 0.15) is 5.82 Å². The van der Waals surface area contributed by atoms with Crippen LogP contribution in [0.2, 0.25) is 0 Å². The quantitative estimate of drug-likeness (QED) is 0.883. The van der Waals surface area contributed by atoms with Crippen molar-refractivity contribution in [3.05, 3.63) is 30.1 Å². The van der Waals surface area contributed by atoms with Crippen molar-refractivity contribution in [2.75, 3.05) is 11.5 Å². The third-order valence-corrected chi connectivity index (χ3v) is 4.77. The van der Waals surface area contributed by atoms with Crippen LogP contribution in [-0.2, 0) is 17.3 Å². The van der Waals surface area contributed by atoms with E-state index in [-0.39, 0.29) is 0 Å². The van der Waals surface area contributed by atoms with Crippen LogP contribution in [0.4, 0.5) is 0 Å². The zero-order valence-corrected chi connectivity index (χ0v) is 11.0. The molecule has 0 spiro atoms. The molecular formula is C13H17N3OS. The minimum Gasteiger partial charge on any atom is -0.341 e. The molecule has 5 heteroatoms. The average Bonchev–Trinajstić information content (AvgIpc) is 2.81. The Kier molecular flexibility index (Phi) is 3.43. The summed E-state index contributed by atoms with van der Waals surface area (Å²) in [6.45, 7) is 0.756. The van der Waals surface area contributed by atoms with E-state index in [0.717, 1.165) is 47.7 Å². The number of para-hydroxylation sites is 2. The van der Waals surface area contributed by atoms with Crippen LogP contribution < -0.4 is 5.32 Å². The van der Waals surface area contributed by atoms with Crippen molar-refractivity contribution in [1.29, 1.82) is 0 Å². The number of H-pyrrole nitrogens is 1. The molecule has 18 heavy (non-hydrogen) atoms. The second-order valence-corrected chi connectivity index (χ2v) is 6.40. The molecule has 4 nitrogen and oxygen atoms in total. The highest BCUT2D eigenvalue weighted by atomic mass is 32.2. The van der Waals surface area contributed by atoms with Crippen LogP contribution in [0.3, 0.4) is 0 Å². The van der Waals surface area contributed by atoms with Crippen molar-refractivity contribution in [1.82, 2.24) is 15.3 Å². The van der Waals surface area contributed by atoms with Crippen LogP contribution >= 0.6 is 0 Å². The maximum Gasteiger partial charge on any atom is 0.121 e. The molecule has 96 valence electrons. The van der Waals surface area contributed by atoms with E-state index in [1.807, 2.05) is 24.3 Å². The highest BCUT2D eigenvalue weighted by Crippen LogP contribution is 2.12. The molecule has 0 aliphatic carbocycles. The summed E-state index contributed by atoms with van der Waals surface area (Å²) in [5.74, 6) is 2.64. The molecule has 0 radical (unpaired) electrons. The molecule has 0 amide bonds. The smallest absolute Gasteiger partial charge is 0.121 e. The highest BCUT2D eigenvalue weighted by Gasteiger charge is 2.17. The Bertz CT molecular complexity index is 523. The zero-order valence-electron chi connectivity index (χ0n) is 10.2. The lowest BCUT2D eigenvalue weighted by atomic mass is 10.1. The summed E-state index contributed by atoms with van der Waals surface area (Å²) in [6, 6.07) is 8.54. The Hall–Kier alpha value is -1.20. The molecule has 1 saturated heterocycles. The van der Waals surface area contributed by atoms with Crippen molar-refractivity contribution < 1.29 is 4.21 Å². The largest absolute Gasteiger partial charge is 0.341 e. The number of benzene rings is 1. The Balaban J connectivity index is 1.61. The predicted molar refractivity (Wildman–Crippen MR) is 73.8 cm³/mol. The van der Waals surface area contributed by atoms with Gasteiger partial charge in [-0.1, -0.05) is 12.1 Å². The van der Waals surface area contributed by atoms with Gasteiger partial charge in [0.2, 0.25) is 0 Å². The van der Waals surface area contributed by atoms with Gasteiger partial charge >= 0.3 is 0 Å². The number of fused-ring (bicyclic) bond motifs is 1. The molecule has 1 aliphatic rings. The van der Waals surface area contributed by atoms with E-state index in [1.165, 1.54) is 0 Å². The summed E-state index contributed by atoms with van der Waals surface area (Å²) in [5, 5.41) is 3.49. The molecule has 2 heterocycles. The molecule has 1 aromatic heterocycles. The second kappa shape index (κ2) is 5.20. The van der Waals surface area contributed by atoms with Crippen LogP contribution in [-0.4, -0.2) is 31.7 Å². The maximum atomic E-state index is 11.3. The van der Waals surface area contributed by atoms with Crippen molar-refractivity contribution in [3.8, 4) is 0 Å². The minimum absolute atomic E-state index is 0.482. The first-order chi connectivity index (χ1) is 8.81. The molecule has 0 saturated carbocycles. The van der Waals surface area contributed by atoms with Crippen molar-refractivity contribution in [3.63, 3.8) is 0 Å². The van der Waals surface area contributed by atoms with Gasteiger partial charge in [-0.3, -0.25) is 4.21 Å². The summed E-state index contributed by atoms with van der Waals surface area (Å²) in [5.41, 5.74) is 2.10.